The van der Waals surface area contributed by atoms with Crippen LogP contribution in [0.3, 0.4) is 0 Å². The number of anilines is 2. The number of aromatic nitrogens is 2. The molecule has 0 unspecified atom stereocenters. The van der Waals surface area contributed by atoms with Gasteiger partial charge in [0.2, 0.25) is 0 Å². The molecule has 0 aliphatic heterocycles. The first-order chi connectivity index (χ1) is 12.1. The third kappa shape index (κ3) is 4.64. The fourth-order valence-electron chi connectivity index (χ4n) is 2.63. The molecular formula is C20H20N4O. The van der Waals surface area contributed by atoms with Crippen LogP contribution in [0.15, 0.2) is 61.2 Å². The van der Waals surface area contributed by atoms with Crippen molar-refractivity contribution in [3.63, 3.8) is 0 Å². The topological polar surface area (TPSA) is 66.9 Å². The van der Waals surface area contributed by atoms with Crippen LogP contribution in [0.4, 0.5) is 11.4 Å². The van der Waals surface area contributed by atoms with Crippen LogP contribution in [0.25, 0.3) is 0 Å². The summed E-state index contributed by atoms with van der Waals surface area (Å²) in [6.45, 7) is 4.54. The lowest BCUT2D eigenvalue weighted by Gasteiger charge is -2.10. The Morgan fingerprint density at radius 2 is 1.76 bits per heavy atom. The van der Waals surface area contributed by atoms with Gasteiger partial charge in [-0.1, -0.05) is 12.1 Å². The van der Waals surface area contributed by atoms with Crippen LogP contribution in [0.5, 0.6) is 0 Å². The number of nitrogens with zero attached hydrogens (tertiary/aromatic N) is 2. The van der Waals surface area contributed by atoms with Gasteiger partial charge in [-0.3, -0.25) is 14.8 Å². The molecular weight excluding hydrogens is 312 g/mol. The molecule has 0 bridgehead atoms. The fourth-order valence-corrected chi connectivity index (χ4v) is 2.63. The summed E-state index contributed by atoms with van der Waals surface area (Å²) in [4.78, 5) is 20.5. The minimum absolute atomic E-state index is 0.166. The number of benzene rings is 1. The van der Waals surface area contributed by atoms with Gasteiger partial charge in [-0.25, -0.2) is 0 Å². The van der Waals surface area contributed by atoms with Gasteiger partial charge in [0.1, 0.15) is 0 Å². The molecule has 0 aliphatic carbocycles. The number of aryl methyl sites for hydroxylation is 2. The van der Waals surface area contributed by atoms with E-state index < -0.39 is 0 Å². The van der Waals surface area contributed by atoms with E-state index in [9.17, 15) is 4.79 Å². The molecule has 5 nitrogen and oxygen atoms in total. The van der Waals surface area contributed by atoms with Crippen molar-refractivity contribution < 1.29 is 4.79 Å². The Morgan fingerprint density at radius 1 is 0.960 bits per heavy atom. The molecule has 5 heteroatoms. The first-order valence-corrected chi connectivity index (χ1v) is 8.07. The standard InChI is InChI=1S/C20H20N4O/c1-14-6-15(2)8-18(7-14)24-19-9-17(12-22-13-19)20(25)23-11-16-4-3-5-21-10-16/h3-10,12-13,24H,11H2,1-2H3,(H,23,25). The highest BCUT2D eigenvalue weighted by atomic mass is 16.1. The normalized spacial score (nSPS) is 10.3. The third-order valence-electron chi connectivity index (χ3n) is 3.69. The zero-order valence-electron chi connectivity index (χ0n) is 14.3. The van der Waals surface area contributed by atoms with E-state index in [2.05, 4.69) is 52.6 Å². The highest BCUT2D eigenvalue weighted by molar-refractivity contribution is 5.94. The van der Waals surface area contributed by atoms with E-state index in [1.165, 1.54) is 11.1 Å². The van der Waals surface area contributed by atoms with Gasteiger partial charge in [-0.2, -0.15) is 0 Å². The summed E-state index contributed by atoms with van der Waals surface area (Å²) in [5.74, 6) is -0.166. The molecule has 3 rings (SSSR count). The van der Waals surface area contributed by atoms with E-state index in [-0.39, 0.29) is 5.91 Å². The Kier molecular flexibility index (Phi) is 5.04. The van der Waals surface area contributed by atoms with Gasteiger partial charge in [-0.15, -0.1) is 0 Å². The van der Waals surface area contributed by atoms with E-state index in [1.807, 2.05) is 12.1 Å². The van der Waals surface area contributed by atoms with Crippen LogP contribution in [-0.4, -0.2) is 15.9 Å². The molecule has 0 radical (unpaired) electrons. The Labute approximate surface area is 147 Å². The Balaban J connectivity index is 1.69. The van der Waals surface area contributed by atoms with Crippen LogP contribution in [0.1, 0.15) is 27.0 Å². The first kappa shape index (κ1) is 16.6. The van der Waals surface area contributed by atoms with E-state index in [0.29, 0.717) is 12.1 Å². The van der Waals surface area contributed by atoms with Crippen LogP contribution in [0.2, 0.25) is 0 Å². The predicted octanol–water partition coefficient (Wildman–Crippen LogP) is 3.77. The summed E-state index contributed by atoms with van der Waals surface area (Å²) < 4.78 is 0. The molecule has 0 atom stereocenters. The van der Waals surface area contributed by atoms with E-state index in [0.717, 1.165) is 16.9 Å². The van der Waals surface area contributed by atoms with Crippen molar-refractivity contribution >= 4 is 17.3 Å². The molecule has 3 aromatic rings. The molecule has 0 saturated carbocycles. The second-order valence-electron chi connectivity index (χ2n) is 6.01. The average Bonchev–Trinajstić information content (AvgIpc) is 2.60. The van der Waals surface area contributed by atoms with E-state index >= 15 is 0 Å². The van der Waals surface area contributed by atoms with Crippen LogP contribution < -0.4 is 10.6 Å². The van der Waals surface area contributed by atoms with Crippen molar-refractivity contribution in [2.45, 2.75) is 20.4 Å². The monoisotopic (exact) mass is 332 g/mol. The molecule has 2 heterocycles. The molecule has 126 valence electrons. The summed E-state index contributed by atoms with van der Waals surface area (Å²) >= 11 is 0. The Morgan fingerprint density at radius 3 is 2.48 bits per heavy atom. The maximum Gasteiger partial charge on any atom is 0.253 e. The lowest BCUT2D eigenvalue weighted by molar-refractivity contribution is 0.0950. The van der Waals surface area contributed by atoms with Crippen LogP contribution in [0, 0.1) is 13.8 Å². The fraction of sp³-hybridized carbons (Fsp3) is 0.150. The summed E-state index contributed by atoms with van der Waals surface area (Å²) in [6, 6.07) is 11.8. The van der Waals surface area contributed by atoms with Crippen molar-refractivity contribution in [2.24, 2.45) is 0 Å². The first-order valence-electron chi connectivity index (χ1n) is 8.07. The molecule has 0 aliphatic rings. The highest BCUT2D eigenvalue weighted by Gasteiger charge is 2.07. The SMILES string of the molecule is Cc1cc(C)cc(Nc2cncc(C(=O)NCc3cccnc3)c2)c1. The van der Waals surface area contributed by atoms with Gasteiger partial charge in [-0.05, 0) is 54.8 Å². The Hall–Kier alpha value is -3.21. The summed E-state index contributed by atoms with van der Waals surface area (Å²) in [7, 11) is 0. The quantitative estimate of drug-likeness (QED) is 0.746. The molecule has 1 aromatic carbocycles. The molecule has 0 saturated heterocycles. The molecule has 25 heavy (non-hydrogen) atoms. The number of nitrogens with one attached hydrogen (secondary N) is 2. The molecule has 2 N–H and O–H groups in total. The number of rotatable bonds is 5. The van der Waals surface area contributed by atoms with Crippen molar-refractivity contribution in [3.8, 4) is 0 Å². The molecule has 0 fully saturated rings. The van der Waals surface area contributed by atoms with Gasteiger partial charge >= 0.3 is 0 Å². The van der Waals surface area contributed by atoms with Gasteiger partial charge in [0.15, 0.2) is 0 Å². The number of hydrogen-bond donors (Lipinski definition) is 2. The minimum Gasteiger partial charge on any atom is -0.354 e. The van der Waals surface area contributed by atoms with Crippen LogP contribution in [-0.2, 0) is 6.54 Å². The number of amides is 1. The predicted molar refractivity (Wildman–Crippen MR) is 98.8 cm³/mol. The van der Waals surface area contributed by atoms with E-state index in [1.54, 1.807) is 30.9 Å². The minimum atomic E-state index is -0.166. The van der Waals surface area contributed by atoms with Gasteiger partial charge < -0.3 is 10.6 Å². The lowest BCUT2D eigenvalue weighted by Crippen LogP contribution is -2.23. The smallest absolute Gasteiger partial charge is 0.253 e. The van der Waals surface area contributed by atoms with Gasteiger partial charge in [0.05, 0.1) is 17.4 Å². The maximum atomic E-state index is 12.3. The largest absolute Gasteiger partial charge is 0.354 e. The maximum absolute atomic E-state index is 12.3. The molecule has 2 aromatic heterocycles. The number of carbonyl (C=O) groups is 1. The van der Waals surface area contributed by atoms with Gasteiger partial charge in [0, 0.05) is 30.8 Å². The summed E-state index contributed by atoms with van der Waals surface area (Å²) in [5, 5.41) is 6.18. The average molecular weight is 332 g/mol. The zero-order chi connectivity index (χ0) is 17.6. The summed E-state index contributed by atoms with van der Waals surface area (Å²) in [5.41, 5.74) is 5.58. The van der Waals surface area contributed by atoms with Crippen molar-refractivity contribution in [3.05, 3.63) is 83.4 Å². The number of carbonyl (C=O) groups excluding carboxylic acids is 1. The van der Waals surface area contributed by atoms with Crippen molar-refractivity contribution in [1.29, 1.82) is 0 Å². The molecule has 0 spiro atoms. The second-order valence-corrected chi connectivity index (χ2v) is 6.01. The second kappa shape index (κ2) is 7.57. The summed E-state index contributed by atoms with van der Waals surface area (Å²) in [6.07, 6.45) is 6.70. The van der Waals surface area contributed by atoms with Crippen LogP contribution >= 0.6 is 0 Å². The van der Waals surface area contributed by atoms with Crippen molar-refractivity contribution in [1.82, 2.24) is 15.3 Å². The Bertz CT molecular complexity index is 858. The van der Waals surface area contributed by atoms with E-state index in [4.69, 9.17) is 0 Å². The molecule has 1 amide bonds. The number of hydrogen-bond acceptors (Lipinski definition) is 4. The third-order valence-corrected chi connectivity index (χ3v) is 3.69. The van der Waals surface area contributed by atoms with Crippen molar-refractivity contribution in [2.75, 3.05) is 5.32 Å². The zero-order valence-corrected chi connectivity index (χ0v) is 14.3. The van der Waals surface area contributed by atoms with Gasteiger partial charge in [0.25, 0.3) is 5.91 Å². The number of pyridine rings is 2. The lowest BCUT2D eigenvalue weighted by atomic mass is 10.1. The highest BCUT2D eigenvalue weighted by Crippen LogP contribution is 2.19.